The lowest BCUT2D eigenvalue weighted by Gasteiger charge is -2.03. The predicted octanol–water partition coefficient (Wildman–Crippen LogP) is 3.37. The highest BCUT2D eigenvalue weighted by Gasteiger charge is 2.07. The molecule has 0 heterocycles. The maximum Gasteiger partial charge on any atom is 0.332 e. The second-order valence-electron chi connectivity index (χ2n) is 4.11. The third kappa shape index (κ3) is 4.26. The summed E-state index contributed by atoms with van der Waals surface area (Å²) in [5.74, 6) is 0.317. The Hall–Kier alpha value is -2.07. The third-order valence-electron chi connectivity index (χ3n) is 2.43. The van der Waals surface area contributed by atoms with E-state index >= 15 is 0 Å². The molecule has 2 aromatic carbocycles. The summed E-state index contributed by atoms with van der Waals surface area (Å²) >= 11 is 0. The van der Waals surface area contributed by atoms with Crippen LogP contribution in [-0.2, 0) is 10.1 Å². The molecule has 0 saturated heterocycles. The Morgan fingerprint density at radius 3 is 2.42 bits per heavy atom. The Kier molecular flexibility index (Phi) is 4.02. The molecule has 0 aromatic heterocycles. The van der Waals surface area contributed by atoms with E-state index < -0.39 is 10.1 Å². The molecule has 19 heavy (non-hydrogen) atoms. The van der Waals surface area contributed by atoms with Crippen molar-refractivity contribution in [2.75, 3.05) is 0 Å². The van der Waals surface area contributed by atoms with E-state index in [1.54, 1.807) is 18.2 Å². The number of hydrogen-bond acceptors (Lipinski definition) is 3. The highest BCUT2D eigenvalue weighted by Crippen LogP contribution is 2.16. The molecule has 0 fully saturated rings. The first-order valence-corrected chi connectivity index (χ1v) is 7.27. The van der Waals surface area contributed by atoms with E-state index in [1.807, 2.05) is 43.3 Å². The maximum atomic E-state index is 11.8. The molecule has 0 N–H and O–H groups in total. The van der Waals surface area contributed by atoms with Crippen LogP contribution in [0.4, 0.5) is 0 Å². The van der Waals surface area contributed by atoms with E-state index in [0.29, 0.717) is 5.75 Å². The summed E-state index contributed by atoms with van der Waals surface area (Å²) < 4.78 is 28.5. The first-order valence-electron chi connectivity index (χ1n) is 5.79. The quantitative estimate of drug-likeness (QED) is 0.803. The Morgan fingerprint density at radius 1 is 1.00 bits per heavy atom. The number of rotatable bonds is 4. The molecule has 2 rings (SSSR count). The van der Waals surface area contributed by atoms with Crippen LogP contribution in [0.2, 0.25) is 0 Å². The van der Waals surface area contributed by atoms with Crippen LogP contribution in [0, 0.1) is 6.92 Å². The predicted molar refractivity (Wildman–Crippen MR) is 76.2 cm³/mol. The summed E-state index contributed by atoms with van der Waals surface area (Å²) in [5.41, 5.74) is 1.75. The lowest BCUT2D eigenvalue weighted by atomic mass is 10.2. The van der Waals surface area contributed by atoms with Gasteiger partial charge in [0.1, 0.15) is 5.75 Å². The van der Waals surface area contributed by atoms with Crippen molar-refractivity contribution in [3.8, 4) is 5.75 Å². The second-order valence-corrected chi connectivity index (χ2v) is 5.53. The third-order valence-corrected chi connectivity index (χ3v) is 3.32. The molecular weight excluding hydrogens is 260 g/mol. The summed E-state index contributed by atoms with van der Waals surface area (Å²) in [7, 11) is -3.73. The lowest BCUT2D eigenvalue weighted by Crippen LogP contribution is -2.05. The van der Waals surface area contributed by atoms with Crippen molar-refractivity contribution in [1.29, 1.82) is 0 Å². The summed E-state index contributed by atoms with van der Waals surface area (Å²) in [4.78, 5) is 0. The summed E-state index contributed by atoms with van der Waals surface area (Å²) in [6, 6.07) is 16.1. The van der Waals surface area contributed by atoms with Gasteiger partial charge in [0, 0.05) is 0 Å². The van der Waals surface area contributed by atoms with Crippen molar-refractivity contribution >= 4 is 16.2 Å². The van der Waals surface area contributed by atoms with Gasteiger partial charge in [-0.25, -0.2) is 0 Å². The largest absolute Gasteiger partial charge is 0.379 e. The fourth-order valence-corrected chi connectivity index (χ4v) is 2.31. The second kappa shape index (κ2) is 5.71. The Balaban J connectivity index is 2.13. The molecule has 0 radical (unpaired) electrons. The fourth-order valence-electron chi connectivity index (χ4n) is 1.56. The highest BCUT2D eigenvalue weighted by atomic mass is 32.2. The molecular formula is C15H14O3S. The molecule has 0 aliphatic rings. The molecule has 0 amide bonds. The van der Waals surface area contributed by atoms with Crippen LogP contribution in [0.3, 0.4) is 0 Å². The van der Waals surface area contributed by atoms with Gasteiger partial charge in [-0.05, 0) is 36.3 Å². The summed E-state index contributed by atoms with van der Waals surface area (Å²) in [6.07, 6.45) is 1.51. The Morgan fingerprint density at radius 2 is 1.74 bits per heavy atom. The average Bonchev–Trinajstić information content (AvgIpc) is 2.37. The van der Waals surface area contributed by atoms with E-state index in [9.17, 15) is 8.42 Å². The molecule has 0 aliphatic carbocycles. The van der Waals surface area contributed by atoms with Crippen molar-refractivity contribution < 1.29 is 12.6 Å². The van der Waals surface area contributed by atoms with Gasteiger partial charge in [-0.15, -0.1) is 0 Å². The van der Waals surface area contributed by atoms with Gasteiger partial charge in [0.25, 0.3) is 0 Å². The topological polar surface area (TPSA) is 43.4 Å². The minimum Gasteiger partial charge on any atom is -0.379 e. The van der Waals surface area contributed by atoms with Gasteiger partial charge in [-0.2, -0.15) is 8.42 Å². The van der Waals surface area contributed by atoms with Crippen LogP contribution in [0.5, 0.6) is 5.75 Å². The zero-order valence-corrected chi connectivity index (χ0v) is 11.3. The zero-order valence-electron chi connectivity index (χ0n) is 10.5. The molecule has 98 valence electrons. The van der Waals surface area contributed by atoms with Crippen LogP contribution in [-0.4, -0.2) is 8.42 Å². The molecule has 2 aromatic rings. The van der Waals surface area contributed by atoms with Gasteiger partial charge < -0.3 is 4.18 Å². The van der Waals surface area contributed by atoms with E-state index in [0.717, 1.165) is 16.5 Å². The van der Waals surface area contributed by atoms with Gasteiger partial charge in [-0.1, -0.05) is 42.5 Å². The Bertz CT molecular complexity index is 674. The first kappa shape index (κ1) is 13.4. The average molecular weight is 274 g/mol. The molecule has 0 atom stereocenters. The summed E-state index contributed by atoms with van der Waals surface area (Å²) in [6.45, 7) is 1.87. The van der Waals surface area contributed by atoms with Crippen LogP contribution in [0.25, 0.3) is 6.08 Å². The SMILES string of the molecule is Cc1cccc(OS(=O)(=O)C=Cc2ccccc2)c1. The van der Waals surface area contributed by atoms with Gasteiger partial charge in [0.2, 0.25) is 0 Å². The molecule has 0 aliphatic heterocycles. The van der Waals surface area contributed by atoms with Crippen LogP contribution in [0.1, 0.15) is 11.1 Å². The minimum atomic E-state index is -3.73. The van der Waals surface area contributed by atoms with E-state index in [4.69, 9.17) is 4.18 Å². The molecule has 0 spiro atoms. The van der Waals surface area contributed by atoms with Crippen LogP contribution >= 0.6 is 0 Å². The van der Waals surface area contributed by atoms with Gasteiger partial charge in [0.05, 0.1) is 5.41 Å². The standard InChI is InChI=1S/C15H14O3S/c1-13-6-5-9-15(12-13)18-19(16,17)11-10-14-7-3-2-4-8-14/h2-12H,1H3. The monoisotopic (exact) mass is 274 g/mol. The van der Waals surface area contributed by atoms with E-state index in [2.05, 4.69) is 0 Å². The van der Waals surface area contributed by atoms with Gasteiger partial charge >= 0.3 is 10.1 Å². The maximum absolute atomic E-state index is 11.8. The van der Waals surface area contributed by atoms with Crippen molar-refractivity contribution in [3.05, 3.63) is 71.1 Å². The van der Waals surface area contributed by atoms with Crippen molar-refractivity contribution in [2.24, 2.45) is 0 Å². The molecule has 0 unspecified atom stereocenters. The number of hydrogen-bond donors (Lipinski definition) is 0. The highest BCUT2D eigenvalue weighted by molar-refractivity contribution is 7.90. The molecule has 0 bridgehead atoms. The van der Waals surface area contributed by atoms with E-state index in [-0.39, 0.29) is 0 Å². The smallest absolute Gasteiger partial charge is 0.332 e. The minimum absolute atomic E-state index is 0.317. The molecule has 0 saturated carbocycles. The zero-order chi connectivity index (χ0) is 13.7. The van der Waals surface area contributed by atoms with E-state index in [1.165, 1.54) is 6.08 Å². The van der Waals surface area contributed by atoms with Crippen LogP contribution in [0.15, 0.2) is 60.0 Å². The van der Waals surface area contributed by atoms with Crippen molar-refractivity contribution in [2.45, 2.75) is 6.92 Å². The fraction of sp³-hybridized carbons (Fsp3) is 0.0667. The van der Waals surface area contributed by atoms with Gasteiger partial charge in [0.15, 0.2) is 0 Å². The summed E-state index contributed by atoms with van der Waals surface area (Å²) in [5, 5.41) is 1.06. The molecule has 3 nitrogen and oxygen atoms in total. The van der Waals surface area contributed by atoms with Crippen molar-refractivity contribution in [3.63, 3.8) is 0 Å². The lowest BCUT2D eigenvalue weighted by molar-refractivity contribution is 0.497. The first-order chi connectivity index (χ1) is 9.05. The van der Waals surface area contributed by atoms with Crippen LogP contribution < -0.4 is 4.18 Å². The Labute approximate surface area is 113 Å². The number of benzene rings is 2. The molecule has 4 heteroatoms. The van der Waals surface area contributed by atoms with Crippen molar-refractivity contribution in [1.82, 2.24) is 0 Å². The van der Waals surface area contributed by atoms with Gasteiger partial charge in [-0.3, -0.25) is 0 Å². The normalized spacial score (nSPS) is 11.6. The number of aryl methyl sites for hydroxylation is 1.